The van der Waals surface area contributed by atoms with Crippen LogP contribution in [0.5, 0.6) is 0 Å². The van der Waals surface area contributed by atoms with Crippen molar-refractivity contribution < 1.29 is 29.3 Å². The summed E-state index contributed by atoms with van der Waals surface area (Å²) >= 11 is 0. The van der Waals surface area contributed by atoms with Gasteiger partial charge in [-0.2, -0.15) is 0 Å². The number of benzene rings is 3. The minimum Gasteiger partial charge on any atom is -0.481 e. The van der Waals surface area contributed by atoms with Gasteiger partial charge in [0.25, 0.3) is 0 Å². The smallest absolute Gasteiger partial charge is 0.303 e. The lowest BCUT2D eigenvalue weighted by molar-refractivity contribution is -0.253. The first-order valence-electron chi connectivity index (χ1n) is 17.0. The Hall–Kier alpha value is -3.60. The molecule has 2 fully saturated rings. The van der Waals surface area contributed by atoms with Crippen LogP contribution in [0.2, 0.25) is 0 Å². The summed E-state index contributed by atoms with van der Waals surface area (Å²) in [7, 11) is 0. The Balaban J connectivity index is 1.14. The zero-order chi connectivity index (χ0) is 32.8. The highest BCUT2D eigenvalue weighted by Crippen LogP contribution is 2.38. The summed E-state index contributed by atoms with van der Waals surface area (Å²) in [6.07, 6.45) is 3.83. The first-order valence-corrected chi connectivity index (χ1v) is 17.0. The second kappa shape index (κ2) is 18.1. The topological polar surface area (TPSA) is 112 Å². The average molecular weight is 644 g/mol. The van der Waals surface area contributed by atoms with Crippen molar-refractivity contribution in [3.05, 3.63) is 107 Å². The third-order valence-corrected chi connectivity index (χ3v) is 9.08. The molecule has 3 aromatic rings. The van der Waals surface area contributed by atoms with Gasteiger partial charge in [0.05, 0.1) is 18.8 Å². The number of nitrogens with zero attached hydrogens (tertiary/aromatic N) is 2. The van der Waals surface area contributed by atoms with E-state index in [4.69, 9.17) is 14.6 Å². The summed E-state index contributed by atoms with van der Waals surface area (Å²) in [4.78, 5) is 28.0. The molecule has 3 atom stereocenters. The van der Waals surface area contributed by atoms with E-state index in [1.54, 1.807) is 0 Å². The van der Waals surface area contributed by atoms with Crippen LogP contribution in [0, 0.1) is 0 Å². The molecular formula is C38H49N3O6. The first-order chi connectivity index (χ1) is 22.9. The molecule has 2 aliphatic rings. The van der Waals surface area contributed by atoms with Crippen molar-refractivity contribution in [2.75, 3.05) is 32.7 Å². The molecule has 2 aliphatic heterocycles. The van der Waals surface area contributed by atoms with Crippen molar-refractivity contribution in [1.82, 2.24) is 15.1 Å². The van der Waals surface area contributed by atoms with E-state index in [1.165, 1.54) is 5.56 Å². The maximum absolute atomic E-state index is 12.3. The van der Waals surface area contributed by atoms with Crippen molar-refractivity contribution in [2.45, 2.75) is 83.1 Å². The van der Waals surface area contributed by atoms with Crippen LogP contribution >= 0.6 is 0 Å². The van der Waals surface area contributed by atoms with E-state index in [1.807, 2.05) is 48.5 Å². The van der Waals surface area contributed by atoms with E-state index in [2.05, 4.69) is 45.4 Å². The largest absolute Gasteiger partial charge is 0.481 e. The molecule has 1 amide bonds. The van der Waals surface area contributed by atoms with E-state index in [0.29, 0.717) is 19.4 Å². The highest BCUT2D eigenvalue weighted by molar-refractivity contribution is 5.75. The van der Waals surface area contributed by atoms with Crippen LogP contribution in [-0.4, -0.2) is 70.7 Å². The number of ether oxygens (including phenoxy) is 2. The fraction of sp³-hybridized carbons (Fsp3) is 0.474. The molecule has 3 N–H and O–H groups in total. The number of amides is 1. The highest BCUT2D eigenvalue weighted by atomic mass is 16.7. The van der Waals surface area contributed by atoms with Crippen LogP contribution in [0.15, 0.2) is 78.9 Å². The molecule has 0 bridgehead atoms. The van der Waals surface area contributed by atoms with Gasteiger partial charge in [0.15, 0.2) is 6.29 Å². The van der Waals surface area contributed by atoms with Gasteiger partial charge in [-0.1, -0.05) is 91.7 Å². The Morgan fingerprint density at radius 2 is 1.36 bits per heavy atom. The predicted molar refractivity (Wildman–Crippen MR) is 180 cm³/mol. The molecular weight excluding hydrogens is 594 g/mol. The fourth-order valence-electron chi connectivity index (χ4n) is 6.29. The standard InChI is InChI=1S/C38H49N3O6/c42-28-31-14-16-32(17-15-31)35-24-34(27-41-22-20-40(21-23-41)26-30-8-4-3-5-9-30)46-38(47-35)33-18-12-29(13-19-33)25-39-36(43)10-6-1-2-7-11-37(44)45/h3-5,8-9,12-19,34-35,38,42H,1-2,6-7,10-11,20-28H2,(H,39,43)(H,44,45)/t34-,35+,38+/m0/s1. The van der Waals surface area contributed by atoms with Crippen molar-refractivity contribution in [3.8, 4) is 0 Å². The quantitative estimate of drug-likeness (QED) is 0.174. The van der Waals surface area contributed by atoms with Crippen LogP contribution in [0.1, 0.15) is 85.2 Å². The van der Waals surface area contributed by atoms with Gasteiger partial charge >= 0.3 is 5.97 Å². The van der Waals surface area contributed by atoms with E-state index < -0.39 is 12.3 Å². The number of rotatable bonds is 16. The molecule has 0 aliphatic carbocycles. The minimum absolute atomic E-state index is 0.0000314. The maximum atomic E-state index is 12.3. The molecule has 0 unspecified atom stereocenters. The normalized spacial score (nSPS) is 20.6. The molecule has 252 valence electrons. The van der Waals surface area contributed by atoms with E-state index in [9.17, 15) is 14.7 Å². The van der Waals surface area contributed by atoms with Gasteiger partial charge < -0.3 is 25.0 Å². The van der Waals surface area contributed by atoms with Crippen molar-refractivity contribution in [1.29, 1.82) is 0 Å². The van der Waals surface area contributed by atoms with Gasteiger partial charge in [-0.25, -0.2) is 0 Å². The number of nitrogens with one attached hydrogen (secondary N) is 1. The summed E-state index contributed by atoms with van der Waals surface area (Å²) in [6.45, 7) is 6.33. The summed E-state index contributed by atoms with van der Waals surface area (Å²) < 4.78 is 13.1. The van der Waals surface area contributed by atoms with Gasteiger partial charge in [0.1, 0.15) is 0 Å². The highest BCUT2D eigenvalue weighted by Gasteiger charge is 2.33. The third-order valence-electron chi connectivity index (χ3n) is 9.08. The van der Waals surface area contributed by atoms with Crippen molar-refractivity contribution in [3.63, 3.8) is 0 Å². The Morgan fingerprint density at radius 3 is 2.04 bits per heavy atom. The number of carbonyl (C=O) groups excluding carboxylic acids is 1. The summed E-state index contributed by atoms with van der Waals surface area (Å²) in [6, 6.07) is 26.7. The van der Waals surface area contributed by atoms with E-state index in [-0.39, 0.29) is 31.1 Å². The predicted octanol–water partition coefficient (Wildman–Crippen LogP) is 5.58. The molecule has 2 heterocycles. The molecule has 5 rings (SSSR count). The van der Waals surface area contributed by atoms with Gasteiger partial charge in [-0.05, 0) is 35.1 Å². The Kier molecular flexibility index (Phi) is 13.4. The number of hydrogen-bond donors (Lipinski definition) is 3. The lowest BCUT2D eigenvalue weighted by Gasteiger charge is -2.40. The number of aliphatic carboxylic acids is 1. The number of hydrogen-bond acceptors (Lipinski definition) is 7. The number of aliphatic hydroxyl groups excluding tert-OH is 1. The number of carboxylic acid groups (broad SMARTS) is 1. The molecule has 47 heavy (non-hydrogen) atoms. The number of unbranched alkanes of at least 4 members (excludes halogenated alkanes) is 3. The summed E-state index contributed by atoms with van der Waals surface area (Å²) in [5, 5.41) is 21.2. The molecule has 9 nitrogen and oxygen atoms in total. The Morgan fingerprint density at radius 1 is 0.723 bits per heavy atom. The number of aliphatic hydroxyl groups is 1. The van der Waals surface area contributed by atoms with Crippen molar-refractivity contribution in [2.24, 2.45) is 0 Å². The molecule has 2 saturated heterocycles. The Labute approximate surface area is 278 Å². The number of piperazine rings is 1. The van der Waals surface area contributed by atoms with Crippen LogP contribution in [-0.2, 0) is 38.8 Å². The van der Waals surface area contributed by atoms with Crippen molar-refractivity contribution >= 4 is 11.9 Å². The van der Waals surface area contributed by atoms with Crippen LogP contribution in [0.4, 0.5) is 0 Å². The molecule has 0 saturated carbocycles. The second-order valence-corrected chi connectivity index (χ2v) is 12.7. The van der Waals surface area contributed by atoms with E-state index >= 15 is 0 Å². The molecule has 0 aromatic heterocycles. The lowest BCUT2D eigenvalue weighted by Crippen LogP contribution is -2.49. The summed E-state index contributed by atoms with van der Waals surface area (Å²) in [5.41, 5.74) is 5.24. The molecule has 0 radical (unpaired) electrons. The lowest BCUT2D eigenvalue weighted by atomic mass is 9.99. The average Bonchev–Trinajstić information content (AvgIpc) is 3.10. The molecule has 3 aromatic carbocycles. The van der Waals surface area contributed by atoms with Crippen LogP contribution in [0.25, 0.3) is 0 Å². The molecule has 0 spiro atoms. The minimum atomic E-state index is -0.771. The number of carbonyl (C=O) groups is 2. The third kappa shape index (κ3) is 11.3. The first kappa shape index (κ1) is 34.7. The number of carboxylic acids is 1. The van der Waals surface area contributed by atoms with E-state index in [0.717, 1.165) is 87.2 Å². The molecule has 9 heteroatoms. The summed E-state index contributed by atoms with van der Waals surface area (Å²) in [5.74, 6) is -0.766. The van der Waals surface area contributed by atoms with Gasteiger partial charge in [-0.15, -0.1) is 0 Å². The monoisotopic (exact) mass is 643 g/mol. The van der Waals surface area contributed by atoms with Crippen LogP contribution in [0.3, 0.4) is 0 Å². The SMILES string of the molecule is O=C(O)CCCCCCC(=O)NCc1ccc([C@@H]2O[C@H](CN3CCN(Cc4ccccc4)CC3)C[C@H](c3ccc(CO)cc3)O2)cc1. The second-order valence-electron chi connectivity index (χ2n) is 12.7. The van der Waals surface area contributed by atoms with Crippen LogP contribution < -0.4 is 5.32 Å². The van der Waals surface area contributed by atoms with Gasteiger partial charge in [-0.3, -0.25) is 19.4 Å². The fourth-order valence-corrected chi connectivity index (χ4v) is 6.29. The zero-order valence-electron chi connectivity index (χ0n) is 27.3. The Bertz CT molecular complexity index is 1380. The van der Waals surface area contributed by atoms with Gasteiger partial charge in [0.2, 0.25) is 5.91 Å². The maximum Gasteiger partial charge on any atom is 0.303 e. The van der Waals surface area contributed by atoms with Gasteiger partial charge in [0, 0.05) is 70.6 Å². The zero-order valence-corrected chi connectivity index (χ0v) is 27.3.